The number of halogens is 2. The second-order valence-corrected chi connectivity index (χ2v) is 7.58. The van der Waals surface area contributed by atoms with E-state index in [-0.39, 0.29) is 17.2 Å². The first-order valence-electron chi connectivity index (χ1n) is 10.3. The van der Waals surface area contributed by atoms with Gasteiger partial charge in [-0.05, 0) is 47.4 Å². The number of hydrogen-bond donors (Lipinski definition) is 0. The molecule has 0 aliphatic rings. The Hall–Kier alpha value is -3.92. The molecule has 170 valence electrons. The normalized spacial score (nSPS) is 11.7. The summed E-state index contributed by atoms with van der Waals surface area (Å²) in [5, 5.41) is 9.97. The minimum atomic E-state index is -3.02. The molecule has 0 aliphatic heterocycles. The molecule has 0 aliphatic carbocycles. The summed E-state index contributed by atoms with van der Waals surface area (Å²) in [7, 11) is 1.29. The van der Waals surface area contributed by atoms with Crippen molar-refractivity contribution in [2.45, 2.75) is 26.4 Å². The van der Waals surface area contributed by atoms with Gasteiger partial charge in [-0.15, -0.1) is 0 Å². The highest BCUT2D eigenvalue weighted by molar-refractivity contribution is 5.85. The van der Waals surface area contributed by atoms with Gasteiger partial charge in [0.25, 0.3) is 0 Å². The number of ether oxygens (including phenoxy) is 3. The van der Waals surface area contributed by atoms with Crippen LogP contribution >= 0.6 is 0 Å². The molecule has 0 radical (unpaired) electrons. The van der Waals surface area contributed by atoms with Crippen molar-refractivity contribution < 1.29 is 27.8 Å². The predicted molar refractivity (Wildman–Crippen MR) is 119 cm³/mol. The molecule has 3 rings (SSSR count). The second-order valence-electron chi connectivity index (χ2n) is 7.58. The number of carbonyl (C=O) groups is 1. The molecule has 0 bridgehead atoms. The number of nitrogens with zero attached hydrogens (tertiary/aromatic N) is 1. The first-order chi connectivity index (χ1) is 15.8. The molecule has 1 atom stereocenters. The zero-order valence-electron chi connectivity index (χ0n) is 18.4. The summed E-state index contributed by atoms with van der Waals surface area (Å²) >= 11 is 0. The maximum atomic E-state index is 12.9. The van der Waals surface area contributed by atoms with Gasteiger partial charge in [-0.1, -0.05) is 50.2 Å². The summed E-state index contributed by atoms with van der Waals surface area (Å²) < 4.78 is 41.3. The van der Waals surface area contributed by atoms with E-state index in [2.05, 4.69) is 10.8 Å². The summed E-state index contributed by atoms with van der Waals surface area (Å²) in [6.45, 7) is 0.692. The third-order valence-electron chi connectivity index (χ3n) is 5.11. The highest BCUT2D eigenvalue weighted by atomic mass is 19.3. The molecule has 5 nitrogen and oxygen atoms in total. The highest BCUT2D eigenvalue weighted by Gasteiger charge is 2.29. The van der Waals surface area contributed by atoms with Crippen LogP contribution in [0, 0.1) is 17.2 Å². The number of para-hydroxylation sites is 1. The van der Waals surface area contributed by atoms with Crippen LogP contribution in [0.2, 0.25) is 0 Å². The molecule has 7 heteroatoms. The Morgan fingerprint density at radius 1 is 0.939 bits per heavy atom. The number of benzene rings is 3. The largest absolute Gasteiger partial charge is 0.469 e. The Morgan fingerprint density at radius 2 is 1.67 bits per heavy atom. The Labute approximate surface area is 191 Å². The summed E-state index contributed by atoms with van der Waals surface area (Å²) in [4.78, 5) is 12.6. The lowest BCUT2D eigenvalue weighted by atomic mass is 9.82. The Balaban J connectivity index is 2.22. The monoisotopic (exact) mass is 451 g/mol. The predicted octanol–water partition coefficient (Wildman–Crippen LogP) is 6.53. The number of esters is 1. The zero-order chi connectivity index (χ0) is 24.0. The van der Waals surface area contributed by atoms with Gasteiger partial charge in [0.15, 0.2) is 0 Å². The van der Waals surface area contributed by atoms with Crippen LogP contribution < -0.4 is 9.47 Å². The average molecular weight is 451 g/mol. The first kappa shape index (κ1) is 23.7. The lowest BCUT2D eigenvalue weighted by molar-refractivity contribution is -0.143. The third kappa shape index (κ3) is 5.47. The molecular formula is C26H23F2NO4. The van der Waals surface area contributed by atoms with Gasteiger partial charge in [0.1, 0.15) is 28.9 Å². The van der Waals surface area contributed by atoms with E-state index < -0.39 is 18.5 Å². The summed E-state index contributed by atoms with van der Waals surface area (Å²) in [5.74, 6) is -0.566. The SMILES string of the molecule is COC(=O)C(c1ccc(OC(F)F)cc1-c1cccc(Oc2ccccc2)c1C#N)C(C)C. The van der Waals surface area contributed by atoms with Crippen molar-refractivity contribution in [2.75, 3.05) is 7.11 Å². The molecule has 0 saturated heterocycles. The Kier molecular flexibility index (Phi) is 7.62. The number of nitriles is 1. The van der Waals surface area contributed by atoms with Crippen molar-refractivity contribution in [3.63, 3.8) is 0 Å². The van der Waals surface area contributed by atoms with Crippen molar-refractivity contribution in [1.29, 1.82) is 5.26 Å². The zero-order valence-corrected chi connectivity index (χ0v) is 18.4. The number of rotatable bonds is 8. The fourth-order valence-electron chi connectivity index (χ4n) is 3.67. The molecule has 1 unspecified atom stereocenters. The smallest absolute Gasteiger partial charge is 0.387 e. The van der Waals surface area contributed by atoms with E-state index in [1.54, 1.807) is 48.5 Å². The summed E-state index contributed by atoms with van der Waals surface area (Å²) in [5.41, 5.74) is 1.57. The van der Waals surface area contributed by atoms with Crippen LogP contribution in [0.5, 0.6) is 17.2 Å². The van der Waals surface area contributed by atoms with Crippen molar-refractivity contribution in [3.8, 4) is 34.4 Å². The highest BCUT2D eigenvalue weighted by Crippen LogP contribution is 2.40. The van der Waals surface area contributed by atoms with Gasteiger partial charge in [-0.2, -0.15) is 14.0 Å². The van der Waals surface area contributed by atoms with Crippen molar-refractivity contribution in [1.82, 2.24) is 0 Å². The van der Waals surface area contributed by atoms with Crippen LogP contribution in [-0.2, 0) is 9.53 Å². The molecule has 0 N–H and O–H groups in total. The van der Waals surface area contributed by atoms with Gasteiger partial charge in [0, 0.05) is 5.56 Å². The van der Waals surface area contributed by atoms with E-state index in [1.165, 1.54) is 19.2 Å². The topological polar surface area (TPSA) is 68.6 Å². The fraction of sp³-hybridized carbons (Fsp3) is 0.231. The second kappa shape index (κ2) is 10.6. The minimum absolute atomic E-state index is 0.0885. The molecular weight excluding hydrogens is 428 g/mol. The quantitative estimate of drug-likeness (QED) is 0.364. The van der Waals surface area contributed by atoms with Crippen LogP contribution in [0.4, 0.5) is 8.78 Å². The molecule has 0 amide bonds. The fourth-order valence-corrected chi connectivity index (χ4v) is 3.67. The molecule has 0 heterocycles. The lowest BCUT2D eigenvalue weighted by Gasteiger charge is -2.23. The molecule has 0 spiro atoms. The van der Waals surface area contributed by atoms with Crippen molar-refractivity contribution in [3.05, 3.63) is 77.9 Å². The van der Waals surface area contributed by atoms with Crippen molar-refractivity contribution >= 4 is 5.97 Å². The average Bonchev–Trinajstić information content (AvgIpc) is 2.79. The molecule has 3 aromatic rings. The van der Waals surface area contributed by atoms with Gasteiger partial charge in [0.2, 0.25) is 0 Å². The molecule has 0 aromatic heterocycles. The molecule has 33 heavy (non-hydrogen) atoms. The minimum Gasteiger partial charge on any atom is -0.469 e. The van der Waals surface area contributed by atoms with Crippen LogP contribution in [0.1, 0.15) is 30.9 Å². The van der Waals surface area contributed by atoms with Crippen LogP contribution in [0.25, 0.3) is 11.1 Å². The van der Waals surface area contributed by atoms with Gasteiger partial charge in [0.05, 0.1) is 13.0 Å². The van der Waals surface area contributed by atoms with Crippen molar-refractivity contribution in [2.24, 2.45) is 5.92 Å². The van der Waals surface area contributed by atoms with Gasteiger partial charge < -0.3 is 14.2 Å². The molecule has 0 fully saturated rings. The first-order valence-corrected chi connectivity index (χ1v) is 10.3. The summed E-state index contributed by atoms with van der Waals surface area (Å²) in [6, 6.07) is 20.5. The van der Waals surface area contributed by atoms with Crippen LogP contribution in [0.15, 0.2) is 66.7 Å². The lowest BCUT2D eigenvalue weighted by Crippen LogP contribution is -2.20. The van der Waals surface area contributed by atoms with Gasteiger partial charge in [-0.3, -0.25) is 4.79 Å². The van der Waals surface area contributed by atoms with E-state index in [1.807, 2.05) is 19.9 Å². The summed E-state index contributed by atoms with van der Waals surface area (Å²) in [6.07, 6.45) is 0. The Morgan fingerprint density at radius 3 is 2.27 bits per heavy atom. The molecule has 3 aromatic carbocycles. The number of methoxy groups -OCH3 is 1. The van der Waals surface area contributed by atoms with Gasteiger partial charge in [-0.25, -0.2) is 0 Å². The van der Waals surface area contributed by atoms with E-state index in [4.69, 9.17) is 9.47 Å². The van der Waals surface area contributed by atoms with Crippen LogP contribution in [0.3, 0.4) is 0 Å². The maximum Gasteiger partial charge on any atom is 0.387 e. The number of carbonyl (C=O) groups excluding carboxylic acids is 1. The van der Waals surface area contributed by atoms with E-state index >= 15 is 0 Å². The van der Waals surface area contributed by atoms with Crippen LogP contribution in [-0.4, -0.2) is 19.7 Å². The Bertz CT molecular complexity index is 1160. The third-order valence-corrected chi connectivity index (χ3v) is 5.11. The van der Waals surface area contributed by atoms with E-state index in [0.717, 1.165) is 0 Å². The van der Waals surface area contributed by atoms with Gasteiger partial charge >= 0.3 is 12.6 Å². The molecule has 0 saturated carbocycles. The standard InChI is InChI=1S/C26H23F2NO4/c1-16(2)24(25(30)31-3)20-13-12-18(33-26(27)28)14-21(20)19-10-7-11-23(22(19)15-29)32-17-8-5-4-6-9-17/h4-14,16,24,26H,1-3H3. The maximum absolute atomic E-state index is 12.9. The van der Waals surface area contributed by atoms with E-state index in [0.29, 0.717) is 28.2 Å². The van der Waals surface area contributed by atoms with E-state index in [9.17, 15) is 18.8 Å². The number of alkyl halides is 2. The number of hydrogen-bond acceptors (Lipinski definition) is 5.